The van der Waals surface area contributed by atoms with E-state index in [1.165, 1.54) is 19.2 Å². The fourth-order valence-corrected chi connectivity index (χ4v) is 5.10. The number of anilines is 3. The molecule has 1 aromatic heterocycles. The van der Waals surface area contributed by atoms with Gasteiger partial charge in [-0.15, -0.1) is 0 Å². The molecule has 0 saturated carbocycles. The molecule has 11 heteroatoms. The van der Waals surface area contributed by atoms with Crippen molar-refractivity contribution in [3.8, 4) is 17.1 Å². The summed E-state index contributed by atoms with van der Waals surface area (Å²) in [5, 5.41) is 15.6. The smallest absolute Gasteiger partial charge is 0.255 e. The van der Waals surface area contributed by atoms with Crippen LogP contribution in [-0.2, 0) is 10.0 Å². The number of nitrogens with zero attached hydrogens (tertiary/aromatic N) is 1. The van der Waals surface area contributed by atoms with E-state index in [1.807, 2.05) is 0 Å². The second-order valence-corrected chi connectivity index (χ2v) is 11.0. The molecule has 0 radical (unpaired) electrons. The zero-order valence-electron chi connectivity index (χ0n) is 22.0. The lowest BCUT2D eigenvalue weighted by Gasteiger charge is -2.25. The molecule has 4 aromatic rings. The van der Waals surface area contributed by atoms with Crippen LogP contribution in [0.25, 0.3) is 22.3 Å². The van der Waals surface area contributed by atoms with Crippen molar-refractivity contribution in [3.05, 3.63) is 72.0 Å². The topological polar surface area (TPSA) is 121 Å². The highest BCUT2D eigenvalue weighted by molar-refractivity contribution is 7.92. The Morgan fingerprint density at radius 1 is 1.13 bits per heavy atom. The maximum Gasteiger partial charge on any atom is 0.255 e. The molecule has 0 unspecified atom stereocenters. The van der Waals surface area contributed by atoms with Crippen LogP contribution < -0.4 is 19.7 Å². The van der Waals surface area contributed by atoms with Gasteiger partial charge in [0.25, 0.3) is 5.91 Å². The van der Waals surface area contributed by atoms with Crippen molar-refractivity contribution < 1.29 is 31.9 Å². The van der Waals surface area contributed by atoms with Gasteiger partial charge in [0.05, 0.1) is 42.4 Å². The molecule has 1 amide bonds. The Balaban J connectivity index is 1.86. The van der Waals surface area contributed by atoms with E-state index in [1.54, 1.807) is 62.4 Å². The van der Waals surface area contributed by atoms with E-state index in [9.17, 15) is 22.7 Å². The van der Waals surface area contributed by atoms with Crippen molar-refractivity contribution in [1.82, 2.24) is 5.32 Å². The summed E-state index contributed by atoms with van der Waals surface area (Å²) in [6.45, 7) is 2.99. The molecule has 4 rings (SSSR count). The maximum absolute atomic E-state index is 14.1. The van der Waals surface area contributed by atoms with Gasteiger partial charge in [-0.25, -0.2) is 12.8 Å². The highest BCUT2D eigenvalue weighted by Gasteiger charge is 2.27. The number of fused-ring (bicyclic) bond motifs is 1. The number of halogens is 1. The average Bonchev–Trinajstić information content (AvgIpc) is 3.25. The van der Waals surface area contributed by atoms with Gasteiger partial charge in [-0.2, -0.15) is 0 Å². The quantitative estimate of drug-likeness (QED) is 0.255. The van der Waals surface area contributed by atoms with Crippen LogP contribution in [0.15, 0.2) is 65.1 Å². The van der Waals surface area contributed by atoms with Crippen molar-refractivity contribution in [2.24, 2.45) is 0 Å². The molecule has 0 saturated heterocycles. The number of hydrogen-bond acceptors (Lipinski definition) is 7. The molecule has 0 aliphatic heterocycles. The maximum atomic E-state index is 14.1. The largest absolute Gasteiger partial charge is 0.489 e. The lowest BCUT2D eigenvalue weighted by Crippen LogP contribution is -2.33. The van der Waals surface area contributed by atoms with Gasteiger partial charge in [0, 0.05) is 29.8 Å². The Labute approximate surface area is 226 Å². The summed E-state index contributed by atoms with van der Waals surface area (Å²) in [4.78, 5) is 13.0. The number of carbonyl (C=O) groups excluding carboxylic acids is 1. The molecule has 3 N–H and O–H groups in total. The monoisotopic (exact) mass is 555 g/mol. The lowest BCUT2D eigenvalue weighted by molar-refractivity contribution is 0.0964. The fraction of sp³-hybridized carbons (Fsp3) is 0.250. The van der Waals surface area contributed by atoms with Crippen molar-refractivity contribution in [1.29, 1.82) is 0 Å². The first-order chi connectivity index (χ1) is 18.5. The Kier molecular flexibility index (Phi) is 8.12. The van der Waals surface area contributed by atoms with E-state index < -0.39 is 22.5 Å². The molecule has 0 aliphatic rings. The highest BCUT2D eigenvalue weighted by Crippen LogP contribution is 2.41. The van der Waals surface area contributed by atoms with E-state index in [-0.39, 0.29) is 46.8 Å². The predicted octanol–water partition coefficient (Wildman–Crippen LogP) is 4.89. The van der Waals surface area contributed by atoms with E-state index in [0.717, 1.165) is 10.6 Å². The molecular weight excluding hydrogens is 525 g/mol. The van der Waals surface area contributed by atoms with Gasteiger partial charge in [-0.05, 0) is 56.3 Å². The molecule has 9 nitrogen and oxygen atoms in total. The van der Waals surface area contributed by atoms with E-state index in [4.69, 9.17) is 9.15 Å². The van der Waals surface area contributed by atoms with Crippen LogP contribution in [0.5, 0.6) is 5.75 Å². The molecule has 206 valence electrons. The molecule has 39 heavy (non-hydrogen) atoms. The standard InChI is InChI=1S/C28H30FN3O6S/c1-17(2)37-25-15-20-24(16-23(25)32(13-14-33)39(4,35)36)38-27(26(20)28(34)30-3)18-9-11-19(12-10-18)31-22-8-6-5-7-21(22)29/h5-12,15-17,31,33H,13-14H2,1-4H3,(H,30,34). The van der Waals surface area contributed by atoms with Crippen molar-refractivity contribution in [3.63, 3.8) is 0 Å². The summed E-state index contributed by atoms with van der Waals surface area (Å²) >= 11 is 0. The van der Waals surface area contributed by atoms with Crippen LogP contribution in [-0.4, -0.2) is 52.0 Å². The number of aliphatic hydroxyl groups excluding tert-OH is 1. The third-order valence-corrected chi connectivity index (χ3v) is 7.04. The molecular formula is C28H30FN3O6S. The summed E-state index contributed by atoms with van der Waals surface area (Å²) < 4.78 is 52.3. The second-order valence-electron chi connectivity index (χ2n) is 9.11. The lowest BCUT2D eigenvalue weighted by atomic mass is 10.0. The van der Waals surface area contributed by atoms with Gasteiger partial charge in [0.2, 0.25) is 10.0 Å². The number of benzene rings is 3. The van der Waals surface area contributed by atoms with E-state index >= 15 is 0 Å². The van der Waals surface area contributed by atoms with Crippen molar-refractivity contribution in [2.75, 3.05) is 36.1 Å². The summed E-state index contributed by atoms with van der Waals surface area (Å²) in [5.41, 5.74) is 2.21. The minimum atomic E-state index is -3.78. The average molecular weight is 556 g/mol. The number of amides is 1. The zero-order valence-corrected chi connectivity index (χ0v) is 22.8. The van der Waals surface area contributed by atoms with Crippen LogP contribution in [0.2, 0.25) is 0 Å². The summed E-state index contributed by atoms with van der Waals surface area (Å²) in [6, 6.07) is 16.3. The van der Waals surface area contributed by atoms with Gasteiger partial charge < -0.3 is 24.9 Å². The Bertz CT molecular complexity index is 1600. The molecule has 0 bridgehead atoms. The van der Waals surface area contributed by atoms with Gasteiger partial charge in [0.15, 0.2) is 0 Å². The Morgan fingerprint density at radius 3 is 2.41 bits per heavy atom. The van der Waals surface area contributed by atoms with Crippen LogP contribution >= 0.6 is 0 Å². The first-order valence-corrected chi connectivity index (χ1v) is 14.1. The van der Waals surface area contributed by atoms with Gasteiger partial charge in [-0.1, -0.05) is 12.1 Å². The van der Waals surface area contributed by atoms with Crippen LogP contribution in [0, 0.1) is 5.82 Å². The number of aliphatic hydroxyl groups is 1. The third kappa shape index (κ3) is 5.99. The number of hydrogen-bond donors (Lipinski definition) is 3. The number of sulfonamides is 1. The first kappa shape index (κ1) is 27.9. The number of furan rings is 1. The fourth-order valence-electron chi connectivity index (χ4n) is 4.19. The number of nitrogens with one attached hydrogen (secondary N) is 2. The normalized spacial score (nSPS) is 11.6. The summed E-state index contributed by atoms with van der Waals surface area (Å²) in [5.74, 6) is -0.308. The van der Waals surface area contributed by atoms with Gasteiger partial charge >= 0.3 is 0 Å². The first-order valence-electron chi connectivity index (χ1n) is 12.2. The van der Waals surface area contributed by atoms with E-state index in [0.29, 0.717) is 22.3 Å². The minimum absolute atomic E-state index is 0.181. The third-order valence-electron chi connectivity index (χ3n) is 5.86. The SMILES string of the molecule is CNC(=O)c1c(-c2ccc(Nc3ccccc3F)cc2)oc2cc(N(CCO)S(C)(=O)=O)c(OC(C)C)cc12. The molecule has 0 aliphatic carbocycles. The second kappa shape index (κ2) is 11.3. The Morgan fingerprint density at radius 2 is 1.82 bits per heavy atom. The zero-order chi connectivity index (χ0) is 28.3. The molecule has 3 aromatic carbocycles. The number of rotatable bonds is 10. The van der Waals surface area contributed by atoms with Gasteiger partial charge in [0.1, 0.15) is 22.9 Å². The van der Waals surface area contributed by atoms with Crippen molar-refractivity contribution >= 4 is 44.0 Å². The molecule has 0 atom stereocenters. The molecule has 1 heterocycles. The predicted molar refractivity (Wildman–Crippen MR) is 150 cm³/mol. The number of carbonyl (C=O) groups is 1. The summed E-state index contributed by atoms with van der Waals surface area (Å²) in [7, 11) is -2.28. The highest BCUT2D eigenvalue weighted by atomic mass is 32.2. The van der Waals surface area contributed by atoms with Crippen LogP contribution in [0.4, 0.5) is 21.5 Å². The molecule has 0 fully saturated rings. The Hall–Kier alpha value is -4.09. The van der Waals surface area contributed by atoms with Gasteiger partial charge in [-0.3, -0.25) is 9.10 Å². The van der Waals surface area contributed by atoms with Crippen LogP contribution in [0.3, 0.4) is 0 Å². The van der Waals surface area contributed by atoms with Crippen LogP contribution in [0.1, 0.15) is 24.2 Å². The summed E-state index contributed by atoms with van der Waals surface area (Å²) in [6.07, 6.45) is 0.730. The number of ether oxygens (including phenoxy) is 1. The minimum Gasteiger partial charge on any atom is -0.489 e. The van der Waals surface area contributed by atoms with E-state index in [2.05, 4.69) is 10.6 Å². The molecule has 0 spiro atoms. The van der Waals surface area contributed by atoms with Crippen molar-refractivity contribution in [2.45, 2.75) is 20.0 Å². The number of para-hydroxylation sites is 1.